The van der Waals surface area contributed by atoms with E-state index in [2.05, 4.69) is 24.3 Å². The van der Waals surface area contributed by atoms with Crippen LogP contribution in [0.1, 0.15) is 54.4 Å². The zero-order valence-corrected chi connectivity index (χ0v) is 14.1. The van der Waals surface area contributed by atoms with Gasteiger partial charge in [-0.3, -0.25) is 9.59 Å². The number of anilines is 1. The van der Waals surface area contributed by atoms with Crippen LogP contribution in [0.5, 0.6) is 0 Å². The van der Waals surface area contributed by atoms with Crippen LogP contribution in [0.3, 0.4) is 0 Å². The van der Waals surface area contributed by atoms with Gasteiger partial charge in [-0.05, 0) is 37.5 Å². The molecular weight excluding hydrogens is 290 g/mol. The molecular formula is C18H23N3O2. The number of nitrogens with zero attached hydrogens (tertiary/aromatic N) is 2. The van der Waals surface area contributed by atoms with Gasteiger partial charge in [-0.15, -0.1) is 0 Å². The number of amides is 1. The van der Waals surface area contributed by atoms with E-state index in [0.29, 0.717) is 5.92 Å². The lowest BCUT2D eigenvalue weighted by Gasteiger charge is -2.07. The predicted molar refractivity (Wildman–Crippen MR) is 90.7 cm³/mol. The lowest BCUT2D eigenvalue weighted by molar-refractivity contribution is -0.116. The van der Waals surface area contributed by atoms with Gasteiger partial charge >= 0.3 is 0 Å². The summed E-state index contributed by atoms with van der Waals surface area (Å²) >= 11 is 0. The molecule has 1 heterocycles. The van der Waals surface area contributed by atoms with Crippen LogP contribution in [0.25, 0.3) is 0 Å². The number of hydrogen-bond donors (Lipinski definition) is 1. The maximum absolute atomic E-state index is 12.3. The van der Waals surface area contributed by atoms with Crippen LogP contribution in [0.15, 0.2) is 30.3 Å². The molecule has 0 spiro atoms. The third kappa shape index (κ3) is 4.06. The van der Waals surface area contributed by atoms with Crippen molar-refractivity contribution < 1.29 is 9.59 Å². The second kappa shape index (κ2) is 7.22. The van der Waals surface area contributed by atoms with E-state index in [1.54, 1.807) is 0 Å². The number of para-hydroxylation sites is 1. The molecule has 0 saturated heterocycles. The van der Waals surface area contributed by atoms with E-state index in [4.69, 9.17) is 0 Å². The third-order valence-corrected chi connectivity index (χ3v) is 3.78. The maximum atomic E-state index is 12.3. The number of hydrogen-bond acceptors (Lipinski definition) is 3. The van der Waals surface area contributed by atoms with Crippen molar-refractivity contribution in [3.8, 4) is 0 Å². The zero-order valence-electron chi connectivity index (χ0n) is 14.1. The standard InChI is InChI=1S/C18H23N3O2/c1-12(2)18-13(3)20-21(14(18)4)17(23)11-10-16(22)19-15-8-6-5-7-9-15/h5-9,12H,10-11H2,1-4H3,(H,19,22). The van der Waals surface area contributed by atoms with Gasteiger partial charge in [0.15, 0.2) is 0 Å². The third-order valence-electron chi connectivity index (χ3n) is 3.78. The highest BCUT2D eigenvalue weighted by molar-refractivity contribution is 5.93. The van der Waals surface area contributed by atoms with Crippen molar-refractivity contribution in [1.29, 1.82) is 0 Å². The van der Waals surface area contributed by atoms with Crippen molar-refractivity contribution in [1.82, 2.24) is 9.78 Å². The van der Waals surface area contributed by atoms with Crippen LogP contribution >= 0.6 is 0 Å². The molecule has 1 aromatic heterocycles. The molecule has 0 atom stereocenters. The minimum Gasteiger partial charge on any atom is -0.326 e. The lowest BCUT2D eigenvalue weighted by Crippen LogP contribution is -2.18. The Hall–Kier alpha value is -2.43. The van der Waals surface area contributed by atoms with Gasteiger partial charge in [0.05, 0.1) is 5.69 Å². The second-order valence-electron chi connectivity index (χ2n) is 5.96. The summed E-state index contributed by atoms with van der Waals surface area (Å²) in [6.07, 6.45) is 0.279. The number of aromatic nitrogens is 2. The Morgan fingerprint density at radius 1 is 1.13 bits per heavy atom. The number of carbonyl (C=O) groups excluding carboxylic acids is 2. The van der Waals surface area contributed by atoms with Gasteiger partial charge in [0.25, 0.3) is 0 Å². The van der Waals surface area contributed by atoms with Gasteiger partial charge in [0, 0.05) is 24.2 Å². The Balaban J connectivity index is 1.97. The molecule has 0 fully saturated rings. The summed E-state index contributed by atoms with van der Waals surface area (Å²) in [6.45, 7) is 7.98. The summed E-state index contributed by atoms with van der Waals surface area (Å²) in [5.41, 5.74) is 3.58. The fourth-order valence-corrected chi connectivity index (χ4v) is 2.80. The van der Waals surface area contributed by atoms with Crippen LogP contribution < -0.4 is 5.32 Å². The largest absolute Gasteiger partial charge is 0.326 e. The number of carbonyl (C=O) groups is 2. The number of benzene rings is 1. The number of rotatable bonds is 5. The molecule has 0 radical (unpaired) electrons. The van der Waals surface area contributed by atoms with Gasteiger partial charge in [0.2, 0.25) is 11.8 Å². The summed E-state index contributed by atoms with van der Waals surface area (Å²) in [6, 6.07) is 9.22. The Morgan fingerprint density at radius 2 is 1.78 bits per heavy atom. The minimum absolute atomic E-state index is 0.137. The van der Waals surface area contributed by atoms with Crippen LogP contribution in [0.4, 0.5) is 5.69 Å². The van der Waals surface area contributed by atoms with E-state index in [1.165, 1.54) is 4.68 Å². The molecule has 0 saturated carbocycles. The summed E-state index contributed by atoms with van der Waals surface area (Å²) in [4.78, 5) is 24.3. The van der Waals surface area contributed by atoms with Gasteiger partial charge in [0.1, 0.15) is 0 Å². The molecule has 0 aliphatic carbocycles. The van der Waals surface area contributed by atoms with Crippen LogP contribution in [-0.4, -0.2) is 21.6 Å². The van der Waals surface area contributed by atoms with Gasteiger partial charge in [-0.25, -0.2) is 4.68 Å². The smallest absolute Gasteiger partial charge is 0.247 e. The molecule has 0 aliphatic rings. The molecule has 122 valence electrons. The Morgan fingerprint density at radius 3 is 2.35 bits per heavy atom. The van der Waals surface area contributed by atoms with Gasteiger partial charge in [-0.1, -0.05) is 32.0 Å². The quantitative estimate of drug-likeness (QED) is 0.915. The first-order chi connectivity index (χ1) is 10.9. The fraction of sp³-hybridized carbons (Fsp3) is 0.389. The van der Waals surface area contributed by atoms with Crippen molar-refractivity contribution in [3.05, 3.63) is 47.3 Å². The van der Waals surface area contributed by atoms with Crippen molar-refractivity contribution in [2.75, 3.05) is 5.32 Å². The molecule has 23 heavy (non-hydrogen) atoms. The van der Waals surface area contributed by atoms with Crippen molar-refractivity contribution >= 4 is 17.5 Å². The van der Waals surface area contributed by atoms with Crippen LogP contribution in [0.2, 0.25) is 0 Å². The molecule has 2 rings (SSSR count). The van der Waals surface area contributed by atoms with E-state index < -0.39 is 0 Å². The van der Waals surface area contributed by atoms with Crippen LogP contribution in [-0.2, 0) is 4.79 Å². The second-order valence-corrected chi connectivity index (χ2v) is 5.96. The highest BCUT2D eigenvalue weighted by Crippen LogP contribution is 2.22. The van der Waals surface area contributed by atoms with Crippen LogP contribution in [0, 0.1) is 13.8 Å². The highest BCUT2D eigenvalue weighted by atomic mass is 16.2. The Kier molecular flexibility index (Phi) is 5.32. The molecule has 1 N–H and O–H groups in total. The molecule has 5 heteroatoms. The van der Waals surface area contributed by atoms with E-state index in [-0.39, 0.29) is 24.7 Å². The van der Waals surface area contributed by atoms with E-state index >= 15 is 0 Å². The normalized spacial score (nSPS) is 10.8. The van der Waals surface area contributed by atoms with Crippen molar-refractivity contribution in [2.45, 2.75) is 46.5 Å². The Labute approximate surface area is 136 Å². The first kappa shape index (κ1) is 16.9. The average Bonchev–Trinajstić information content (AvgIpc) is 2.81. The number of aryl methyl sites for hydroxylation is 1. The van der Waals surface area contributed by atoms with Crippen molar-refractivity contribution in [3.63, 3.8) is 0 Å². The topological polar surface area (TPSA) is 64.0 Å². The maximum Gasteiger partial charge on any atom is 0.247 e. The average molecular weight is 313 g/mol. The van der Waals surface area contributed by atoms with E-state index in [0.717, 1.165) is 22.6 Å². The molecule has 0 aliphatic heterocycles. The molecule has 1 amide bonds. The Bertz CT molecular complexity index is 703. The summed E-state index contributed by atoms with van der Waals surface area (Å²) < 4.78 is 1.43. The molecule has 0 unspecified atom stereocenters. The molecule has 2 aromatic rings. The first-order valence-electron chi connectivity index (χ1n) is 7.84. The molecule has 0 bridgehead atoms. The van der Waals surface area contributed by atoms with Crippen molar-refractivity contribution in [2.24, 2.45) is 0 Å². The lowest BCUT2D eigenvalue weighted by atomic mass is 10.0. The van der Waals surface area contributed by atoms with E-state index in [9.17, 15) is 9.59 Å². The zero-order chi connectivity index (χ0) is 17.0. The predicted octanol–water partition coefficient (Wildman–Crippen LogP) is 3.68. The molecule has 1 aromatic carbocycles. The van der Waals surface area contributed by atoms with Gasteiger partial charge in [-0.2, -0.15) is 5.10 Å². The fourth-order valence-electron chi connectivity index (χ4n) is 2.80. The summed E-state index contributed by atoms with van der Waals surface area (Å²) in [7, 11) is 0. The summed E-state index contributed by atoms with van der Waals surface area (Å²) in [5, 5.41) is 7.11. The van der Waals surface area contributed by atoms with Gasteiger partial charge < -0.3 is 5.32 Å². The number of nitrogens with one attached hydrogen (secondary N) is 1. The highest BCUT2D eigenvalue weighted by Gasteiger charge is 2.19. The SMILES string of the molecule is Cc1nn(C(=O)CCC(=O)Nc2ccccc2)c(C)c1C(C)C. The summed E-state index contributed by atoms with van der Waals surface area (Å²) in [5.74, 6) is -0.00574. The minimum atomic E-state index is -0.171. The molecule has 5 nitrogen and oxygen atoms in total. The van der Waals surface area contributed by atoms with E-state index in [1.807, 2.05) is 44.2 Å². The first-order valence-corrected chi connectivity index (χ1v) is 7.84. The monoisotopic (exact) mass is 313 g/mol.